The van der Waals surface area contributed by atoms with Crippen LogP contribution in [0.25, 0.3) is 0 Å². The average molecular weight is 418 g/mol. The van der Waals surface area contributed by atoms with Crippen molar-refractivity contribution in [3.8, 4) is 0 Å². The van der Waals surface area contributed by atoms with Crippen molar-refractivity contribution in [2.75, 3.05) is 0 Å². The van der Waals surface area contributed by atoms with Crippen molar-refractivity contribution in [3.63, 3.8) is 0 Å². The molecule has 0 amide bonds. The van der Waals surface area contributed by atoms with E-state index in [0.29, 0.717) is 0 Å². The molecule has 4 radical (unpaired) electrons. The minimum Gasteiger partial charge on any atom is -0.822 e. The molecular weight excluding hydrogens is 418 g/mol. The smallest absolute Gasteiger partial charge is 0.822 e. The van der Waals surface area contributed by atoms with Gasteiger partial charge in [0.15, 0.2) is 0 Å². The van der Waals surface area contributed by atoms with Crippen LogP contribution >= 0.6 is 23.5 Å². The third kappa shape index (κ3) is 1100. The molecule has 0 bridgehead atoms. The summed E-state index contributed by atoms with van der Waals surface area (Å²) in [5.74, 6) is 0. The van der Waals surface area contributed by atoms with Crippen LogP contribution in [-0.4, -0.2) is 52.3 Å². The molecule has 0 atom stereocenters. The molecule has 0 saturated heterocycles. The number of phosphoric acid groups is 3. The normalized spacial score (nSPS) is 9.32. The Balaban J connectivity index is -0.0000000206. The first-order chi connectivity index (χ1) is 6.00. The fourth-order valence-electron chi connectivity index (χ4n) is 0. The Labute approximate surface area is 151 Å². The Hall–Kier alpha value is 2.54. The van der Waals surface area contributed by atoms with Gasteiger partial charge in [-0.05, 0) is 0 Å². The van der Waals surface area contributed by atoms with Gasteiger partial charge in [0.1, 0.15) is 0 Å². The number of rotatable bonds is 0. The summed E-state index contributed by atoms with van der Waals surface area (Å²) in [5, 5.41) is 0. The molecule has 12 nitrogen and oxygen atoms in total. The van der Waals surface area contributed by atoms with Crippen LogP contribution in [0.3, 0.4) is 0 Å². The van der Waals surface area contributed by atoms with Crippen LogP contribution in [0, 0.1) is 0 Å². The molecule has 0 aromatic heterocycles. The molecule has 19 heavy (non-hydrogen) atoms. The van der Waals surface area contributed by atoms with E-state index in [0.717, 1.165) is 0 Å². The molecule has 0 saturated carbocycles. The maximum absolute atomic E-state index is 8.55. The van der Waals surface area contributed by atoms with Crippen LogP contribution in [0.1, 0.15) is 0 Å². The summed E-state index contributed by atoms with van der Waals surface area (Å²) in [7, 11) is -16.2. The van der Waals surface area contributed by atoms with Crippen molar-refractivity contribution in [1.29, 1.82) is 0 Å². The fraction of sp³-hybridized carbons (Fsp3) is 0. The second-order valence-electron chi connectivity index (χ2n) is 1.34. The van der Waals surface area contributed by atoms with Crippen LogP contribution < -0.4 is 62.9 Å². The van der Waals surface area contributed by atoms with E-state index in [-0.39, 0.29) is 71.2 Å². The maximum Gasteiger partial charge on any atom is 3.00 e. The Kier molecular flexibility index (Phi) is 42.0. The van der Waals surface area contributed by atoms with Gasteiger partial charge < -0.3 is 57.7 Å². The molecule has 0 aromatic carbocycles. The zero-order valence-corrected chi connectivity index (χ0v) is 16.0. The van der Waals surface area contributed by atoms with Gasteiger partial charge in [0.25, 0.3) is 0 Å². The quantitative estimate of drug-likeness (QED) is 0.262. The van der Waals surface area contributed by atoms with Crippen molar-refractivity contribution < 1.29 is 76.6 Å². The molecule has 19 heteroatoms. The van der Waals surface area contributed by atoms with E-state index in [9.17, 15) is 0 Å². The van der Waals surface area contributed by atoms with Gasteiger partial charge in [0.2, 0.25) is 0 Å². The predicted molar refractivity (Wildman–Crippen MR) is 40.1 cm³/mol. The summed E-state index contributed by atoms with van der Waals surface area (Å²) in [6.45, 7) is 0. The molecule has 0 aliphatic heterocycles. The molecule has 0 N–H and O–H groups in total. The summed E-state index contributed by atoms with van der Waals surface area (Å²) in [4.78, 5) is 76.9. The molecule has 0 spiro atoms. The van der Waals surface area contributed by atoms with Gasteiger partial charge in [0.05, 0.1) is 0 Å². The molecule has 0 unspecified atom stereocenters. The second kappa shape index (κ2) is 18.6. The van der Waals surface area contributed by atoms with Crippen LogP contribution in [0.4, 0.5) is 0 Å². The van der Waals surface area contributed by atoms with Crippen molar-refractivity contribution in [3.05, 3.63) is 0 Å². The van der Waals surface area contributed by atoms with E-state index in [1.165, 1.54) is 0 Å². The van der Waals surface area contributed by atoms with E-state index in [1.807, 2.05) is 0 Å². The van der Waals surface area contributed by atoms with Crippen molar-refractivity contribution in [1.82, 2.24) is 0 Å². The first kappa shape index (κ1) is 43.0. The van der Waals surface area contributed by atoms with E-state index in [2.05, 4.69) is 0 Å². The molecule has 0 aliphatic rings. The van der Waals surface area contributed by atoms with Gasteiger partial charge in [-0.2, -0.15) is 23.5 Å². The first-order valence-corrected chi connectivity index (χ1v) is 6.57. The summed E-state index contributed by atoms with van der Waals surface area (Å²) >= 11 is 0. The summed E-state index contributed by atoms with van der Waals surface area (Å²) in [6.07, 6.45) is 0. The van der Waals surface area contributed by atoms with Gasteiger partial charge in [0, 0.05) is 17.6 Å². The summed E-state index contributed by atoms with van der Waals surface area (Å²) in [6, 6.07) is 0. The minimum atomic E-state index is -5.39. The molecule has 0 heterocycles. The van der Waals surface area contributed by atoms with E-state index >= 15 is 0 Å². The number of hydrogen-bond donors (Lipinski definition) is 0. The van der Waals surface area contributed by atoms with E-state index in [4.69, 9.17) is 57.7 Å². The Bertz CT molecular complexity index is 217. The topological polar surface area (TPSA) is 259 Å². The third-order valence-corrected chi connectivity index (χ3v) is 0. The molecule has 0 aromatic rings. The number of hydrogen-bond acceptors (Lipinski definition) is 12. The van der Waals surface area contributed by atoms with E-state index in [1.54, 1.807) is 0 Å². The molecule has 100 valence electrons. The van der Waals surface area contributed by atoms with Gasteiger partial charge in [-0.15, -0.1) is 0 Å². The van der Waals surface area contributed by atoms with Crippen LogP contribution in [0.15, 0.2) is 0 Å². The van der Waals surface area contributed by atoms with Crippen molar-refractivity contribution in [2.24, 2.45) is 0 Å². The van der Waals surface area contributed by atoms with Crippen molar-refractivity contribution in [2.45, 2.75) is 0 Å². The largest absolute Gasteiger partial charge is 3.00 e. The average Bonchev–Trinajstić information content (AvgIpc) is 1.41. The Morgan fingerprint density at radius 3 is 0.474 bits per heavy atom. The summed E-state index contributed by atoms with van der Waals surface area (Å²) < 4.78 is 25.6. The fourth-order valence-corrected chi connectivity index (χ4v) is 0. The maximum atomic E-state index is 8.55. The minimum absolute atomic E-state index is 0. The monoisotopic (exact) mass is 420 g/mol. The molecule has 0 fully saturated rings. The zero-order chi connectivity index (χ0) is 13.5. The molecule has 0 rings (SSSR count). The van der Waals surface area contributed by atoms with Gasteiger partial charge in [-0.25, -0.2) is 0 Å². The second-order valence-corrected chi connectivity index (χ2v) is 4.02. The SMILES string of the molecule is O=P([O-])([O-])[O-].O=P([O-])([O-])[O-].O=P([O-])([O-])[O-].[Al+3].[Al+3].[Ge].[Li+]. The van der Waals surface area contributed by atoms with Crippen LogP contribution in [0.2, 0.25) is 0 Å². The first-order valence-electron chi connectivity index (χ1n) is 2.19. The summed E-state index contributed by atoms with van der Waals surface area (Å²) in [5.41, 5.74) is 0. The zero-order valence-electron chi connectivity index (χ0n) is 8.90. The van der Waals surface area contributed by atoms with E-state index < -0.39 is 23.5 Å². The molecule has 0 aliphatic carbocycles. The van der Waals surface area contributed by atoms with Crippen LogP contribution in [-0.2, 0) is 13.7 Å². The third-order valence-electron chi connectivity index (χ3n) is 0. The Morgan fingerprint density at radius 2 is 0.474 bits per heavy atom. The van der Waals surface area contributed by atoms with Gasteiger partial charge in [-0.3, -0.25) is 0 Å². The van der Waals surface area contributed by atoms with Gasteiger partial charge >= 0.3 is 53.6 Å². The Morgan fingerprint density at radius 1 is 0.474 bits per heavy atom. The standard InChI is InChI=1S/2Al.Ge.Li.3H3O4P/c;;;;3*1-5(2,3)4/h;;;;3*(H3,1,2,3,4)/q2*+3;;+1;;;/p-9. The molecular formula is Al2GeLiO12P3-2. The predicted octanol–water partition coefficient (Wildman–Crippen LogP) is -12.6. The van der Waals surface area contributed by atoms with Gasteiger partial charge in [-0.1, -0.05) is 0 Å². The van der Waals surface area contributed by atoms with Crippen LogP contribution in [0.5, 0.6) is 0 Å². The van der Waals surface area contributed by atoms with Crippen molar-refractivity contribution >= 4 is 75.8 Å².